The third-order valence-corrected chi connectivity index (χ3v) is 5.47. The second kappa shape index (κ2) is 10.9. The Balaban J connectivity index is 2.11. The van der Waals surface area contributed by atoms with Crippen LogP contribution in [0.25, 0.3) is 0 Å². The van der Waals surface area contributed by atoms with E-state index >= 15 is 0 Å². The van der Waals surface area contributed by atoms with Crippen LogP contribution >= 0.6 is 11.8 Å². The zero-order chi connectivity index (χ0) is 20.5. The van der Waals surface area contributed by atoms with E-state index in [0.717, 1.165) is 11.1 Å². The molecule has 0 aliphatic heterocycles. The van der Waals surface area contributed by atoms with Crippen LogP contribution in [-0.2, 0) is 21.9 Å². The lowest BCUT2D eigenvalue weighted by Gasteiger charge is -2.30. The molecule has 4 nitrogen and oxygen atoms in total. The van der Waals surface area contributed by atoms with Crippen LogP contribution in [0.15, 0.2) is 48.5 Å². The number of aryl methyl sites for hydroxylation is 1. The van der Waals surface area contributed by atoms with E-state index in [1.54, 1.807) is 30.1 Å². The van der Waals surface area contributed by atoms with Gasteiger partial charge in [0.1, 0.15) is 11.9 Å². The molecule has 0 saturated heterocycles. The maximum absolute atomic E-state index is 13.8. The second-order valence-electron chi connectivity index (χ2n) is 6.63. The summed E-state index contributed by atoms with van der Waals surface area (Å²) in [5.41, 5.74) is 2.66. The van der Waals surface area contributed by atoms with Crippen LogP contribution in [-0.4, -0.2) is 35.6 Å². The number of hydrogen-bond acceptors (Lipinski definition) is 3. The summed E-state index contributed by atoms with van der Waals surface area (Å²) in [6, 6.07) is 13.9. The van der Waals surface area contributed by atoms with E-state index in [4.69, 9.17) is 0 Å². The van der Waals surface area contributed by atoms with Gasteiger partial charge in [-0.1, -0.05) is 55.0 Å². The Bertz CT molecular complexity index is 813. The van der Waals surface area contributed by atoms with Gasteiger partial charge >= 0.3 is 0 Å². The molecular formula is C22H27FN2O2S. The highest BCUT2D eigenvalue weighted by molar-refractivity contribution is 7.99. The predicted octanol–water partition coefficient (Wildman–Crippen LogP) is 3.92. The Morgan fingerprint density at radius 1 is 1.18 bits per heavy atom. The van der Waals surface area contributed by atoms with Crippen LogP contribution in [0.3, 0.4) is 0 Å². The molecule has 0 heterocycles. The van der Waals surface area contributed by atoms with E-state index in [1.165, 1.54) is 17.8 Å². The summed E-state index contributed by atoms with van der Waals surface area (Å²) in [6.07, 6.45) is 0.523. The number of carbonyl (C=O) groups excluding carboxylic acids is 2. The highest BCUT2D eigenvalue weighted by Gasteiger charge is 2.27. The van der Waals surface area contributed by atoms with Gasteiger partial charge in [0.15, 0.2) is 0 Å². The van der Waals surface area contributed by atoms with Crippen molar-refractivity contribution in [2.45, 2.75) is 38.6 Å². The largest absolute Gasteiger partial charge is 0.357 e. The van der Waals surface area contributed by atoms with Gasteiger partial charge in [-0.25, -0.2) is 4.39 Å². The monoisotopic (exact) mass is 402 g/mol. The van der Waals surface area contributed by atoms with Crippen LogP contribution in [0.1, 0.15) is 30.0 Å². The van der Waals surface area contributed by atoms with Crippen molar-refractivity contribution in [2.75, 3.05) is 12.8 Å². The molecule has 0 bridgehead atoms. The number of carbonyl (C=O) groups is 2. The van der Waals surface area contributed by atoms with E-state index < -0.39 is 6.04 Å². The Hall–Kier alpha value is -2.34. The molecule has 28 heavy (non-hydrogen) atoms. The van der Waals surface area contributed by atoms with Gasteiger partial charge in [0.2, 0.25) is 11.8 Å². The van der Waals surface area contributed by atoms with Crippen LogP contribution in [0.4, 0.5) is 4.39 Å². The zero-order valence-corrected chi connectivity index (χ0v) is 17.4. The average Bonchev–Trinajstić information content (AvgIpc) is 2.69. The van der Waals surface area contributed by atoms with Crippen molar-refractivity contribution in [3.8, 4) is 0 Å². The van der Waals surface area contributed by atoms with Gasteiger partial charge in [0, 0.05) is 19.3 Å². The van der Waals surface area contributed by atoms with Crippen molar-refractivity contribution in [3.63, 3.8) is 0 Å². The number of benzene rings is 2. The van der Waals surface area contributed by atoms with Crippen molar-refractivity contribution in [1.29, 1.82) is 0 Å². The number of amides is 2. The van der Waals surface area contributed by atoms with Gasteiger partial charge in [0.05, 0.1) is 5.75 Å². The summed E-state index contributed by atoms with van der Waals surface area (Å²) in [5.74, 6) is 0.0259. The van der Waals surface area contributed by atoms with Crippen molar-refractivity contribution in [1.82, 2.24) is 10.2 Å². The number of rotatable bonds is 9. The quantitative estimate of drug-likeness (QED) is 0.692. The Kier molecular flexibility index (Phi) is 8.51. The van der Waals surface area contributed by atoms with E-state index in [1.807, 2.05) is 38.1 Å². The molecule has 0 aliphatic carbocycles. The molecule has 150 valence electrons. The van der Waals surface area contributed by atoms with E-state index in [0.29, 0.717) is 24.3 Å². The lowest BCUT2D eigenvalue weighted by Crippen LogP contribution is -2.48. The minimum Gasteiger partial charge on any atom is -0.357 e. The van der Waals surface area contributed by atoms with Crippen LogP contribution in [0.2, 0.25) is 0 Å². The van der Waals surface area contributed by atoms with Crippen LogP contribution in [0.5, 0.6) is 0 Å². The number of halogens is 1. The second-order valence-corrected chi connectivity index (χ2v) is 7.62. The third-order valence-electron chi connectivity index (χ3n) is 4.51. The van der Waals surface area contributed by atoms with Gasteiger partial charge in [-0.05, 0) is 30.5 Å². The smallest absolute Gasteiger partial charge is 0.242 e. The standard InChI is InChI=1S/C22H27FN2O2S/c1-4-20(22(27)24-3)25(13-17-9-7-8-16(2)12-17)21(26)15-28-14-18-10-5-6-11-19(18)23/h5-12,20H,4,13-15H2,1-3H3,(H,24,27). The number of thioether (sulfide) groups is 1. The van der Waals surface area contributed by atoms with E-state index in [-0.39, 0.29) is 23.4 Å². The molecule has 6 heteroatoms. The summed E-state index contributed by atoms with van der Waals surface area (Å²) in [6.45, 7) is 4.26. The first-order valence-electron chi connectivity index (χ1n) is 9.34. The van der Waals surface area contributed by atoms with Crippen molar-refractivity contribution < 1.29 is 14.0 Å². The molecular weight excluding hydrogens is 375 g/mol. The van der Waals surface area contributed by atoms with Gasteiger partial charge in [-0.3, -0.25) is 9.59 Å². The molecule has 2 aromatic rings. The number of likely N-dealkylation sites (N-methyl/N-ethyl adjacent to an activating group) is 1. The van der Waals surface area contributed by atoms with E-state index in [2.05, 4.69) is 5.32 Å². The topological polar surface area (TPSA) is 49.4 Å². The highest BCUT2D eigenvalue weighted by Crippen LogP contribution is 2.19. The summed E-state index contributed by atoms with van der Waals surface area (Å²) < 4.78 is 13.8. The molecule has 0 spiro atoms. The average molecular weight is 403 g/mol. The number of nitrogens with one attached hydrogen (secondary N) is 1. The first kappa shape index (κ1) is 22.0. The first-order chi connectivity index (χ1) is 13.5. The molecule has 2 aromatic carbocycles. The summed E-state index contributed by atoms with van der Waals surface area (Å²) >= 11 is 1.35. The van der Waals surface area contributed by atoms with E-state index in [9.17, 15) is 14.0 Å². The summed E-state index contributed by atoms with van der Waals surface area (Å²) in [7, 11) is 1.58. The molecule has 0 aliphatic rings. The normalized spacial score (nSPS) is 11.7. The molecule has 1 N–H and O–H groups in total. The molecule has 2 amide bonds. The van der Waals surface area contributed by atoms with Crippen molar-refractivity contribution >= 4 is 23.6 Å². The number of nitrogens with zero attached hydrogens (tertiary/aromatic N) is 1. The molecule has 0 saturated carbocycles. The van der Waals surface area contributed by atoms with Crippen LogP contribution in [0, 0.1) is 12.7 Å². The van der Waals surface area contributed by atoms with Gasteiger partial charge < -0.3 is 10.2 Å². The maximum atomic E-state index is 13.8. The molecule has 0 fully saturated rings. The fourth-order valence-corrected chi connectivity index (χ4v) is 3.94. The van der Waals surface area contributed by atoms with Gasteiger partial charge in [-0.15, -0.1) is 11.8 Å². The number of hydrogen-bond donors (Lipinski definition) is 1. The maximum Gasteiger partial charge on any atom is 0.242 e. The minimum atomic E-state index is -0.535. The molecule has 1 unspecified atom stereocenters. The minimum absolute atomic E-state index is 0.127. The Morgan fingerprint density at radius 3 is 2.57 bits per heavy atom. The predicted molar refractivity (Wildman–Crippen MR) is 112 cm³/mol. The summed E-state index contributed by atoms with van der Waals surface area (Å²) in [5, 5.41) is 2.65. The Morgan fingerprint density at radius 2 is 1.93 bits per heavy atom. The van der Waals surface area contributed by atoms with Crippen molar-refractivity contribution in [2.24, 2.45) is 0 Å². The molecule has 1 atom stereocenters. The fraction of sp³-hybridized carbons (Fsp3) is 0.364. The molecule has 0 radical (unpaired) electrons. The summed E-state index contributed by atoms with van der Waals surface area (Å²) in [4.78, 5) is 26.9. The highest BCUT2D eigenvalue weighted by atomic mass is 32.2. The third kappa shape index (κ3) is 6.09. The fourth-order valence-electron chi connectivity index (χ4n) is 3.04. The van der Waals surface area contributed by atoms with Gasteiger partial charge in [0.25, 0.3) is 0 Å². The van der Waals surface area contributed by atoms with Crippen LogP contribution < -0.4 is 5.32 Å². The molecule has 0 aromatic heterocycles. The lowest BCUT2D eigenvalue weighted by atomic mass is 10.1. The lowest BCUT2D eigenvalue weighted by molar-refractivity contribution is -0.139. The SMILES string of the molecule is CCC(C(=O)NC)N(Cc1cccc(C)c1)C(=O)CSCc1ccccc1F. The first-order valence-corrected chi connectivity index (χ1v) is 10.5. The zero-order valence-electron chi connectivity index (χ0n) is 16.6. The van der Waals surface area contributed by atoms with Crippen molar-refractivity contribution in [3.05, 3.63) is 71.0 Å². The Labute approximate surface area is 170 Å². The molecule has 2 rings (SSSR count). The van der Waals surface area contributed by atoms with Gasteiger partial charge in [-0.2, -0.15) is 0 Å².